The van der Waals surface area contributed by atoms with Crippen LogP contribution >= 0.6 is 0 Å². The summed E-state index contributed by atoms with van der Waals surface area (Å²) < 4.78 is 0. The summed E-state index contributed by atoms with van der Waals surface area (Å²) in [6.45, 7) is 3.83. The molecule has 1 amide bonds. The molecule has 1 rings (SSSR count). The molecular formula is C11H16N2O2. The van der Waals surface area contributed by atoms with Crippen LogP contribution in [0.5, 0.6) is 0 Å². The van der Waals surface area contributed by atoms with Crippen LogP contribution in [0.4, 0.5) is 0 Å². The number of nitrogens with one attached hydrogen (secondary N) is 1. The lowest BCUT2D eigenvalue weighted by atomic mass is 10.2. The molecular weight excluding hydrogens is 192 g/mol. The third-order valence-corrected chi connectivity index (χ3v) is 2.08. The van der Waals surface area contributed by atoms with E-state index in [1.807, 2.05) is 13.8 Å². The van der Waals surface area contributed by atoms with Crippen LogP contribution in [0.2, 0.25) is 0 Å². The first kappa shape index (κ1) is 11.7. The van der Waals surface area contributed by atoms with E-state index in [-0.39, 0.29) is 18.6 Å². The van der Waals surface area contributed by atoms with Gasteiger partial charge in [-0.25, -0.2) is 0 Å². The second-order valence-electron chi connectivity index (χ2n) is 3.64. The molecule has 1 atom stereocenters. The summed E-state index contributed by atoms with van der Waals surface area (Å²) in [5.41, 5.74) is 1.51. The quantitative estimate of drug-likeness (QED) is 0.772. The molecule has 2 N–H and O–H groups in total. The predicted molar refractivity (Wildman–Crippen MR) is 57.6 cm³/mol. The number of amides is 1. The molecule has 4 heteroatoms. The van der Waals surface area contributed by atoms with E-state index in [2.05, 4.69) is 10.3 Å². The summed E-state index contributed by atoms with van der Waals surface area (Å²) >= 11 is 0. The molecule has 0 aliphatic heterocycles. The van der Waals surface area contributed by atoms with Crippen molar-refractivity contribution in [3.05, 3.63) is 29.6 Å². The number of carbonyl (C=O) groups excluding carboxylic acids is 1. The van der Waals surface area contributed by atoms with Crippen molar-refractivity contribution in [1.82, 2.24) is 10.3 Å². The first-order chi connectivity index (χ1) is 7.13. The van der Waals surface area contributed by atoms with Crippen LogP contribution in [-0.4, -0.2) is 28.6 Å². The lowest BCUT2D eigenvalue weighted by molar-refractivity contribution is 0.0934. The van der Waals surface area contributed by atoms with Crippen LogP contribution in [0.1, 0.15) is 29.3 Å². The van der Waals surface area contributed by atoms with Crippen LogP contribution in [0.25, 0.3) is 0 Å². The first-order valence-corrected chi connectivity index (χ1v) is 4.97. The molecule has 0 bridgehead atoms. The van der Waals surface area contributed by atoms with Crippen LogP contribution in [0.15, 0.2) is 18.5 Å². The van der Waals surface area contributed by atoms with Gasteiger partial charge in [-0.3, -0.25) is 9.78 Å². The van der Waals surface area contributed by atoms with Crippen molar-refractivity contribution in [3.63, 3.8) is 0 Å². The lowest BCUT2D eigenvalue weighted by Gasteiger charge is -2.12. The minimum Gasteiger partial charge on any atom is -0.396 e. The van der Waals surface area contributed by atoms with Gasteiger partial charge in [-0.05, 0) is 31.9 Å². The maximum absolute atomic E-state index is 11.6. The average Bonchev–Trinajstić information content (AvgIpc) is 2.18. The molecule has 0 aliphatic rings. The highest BCUT2D eigenvalue weighted by Crippen LogP contribution is 2.02. The maximum atomic E-state index is 11.6. The Morgan fingerprint density at radius 3 is 2.93 bits per heavy atom. The Morgan fingerprint density at radius 1 is 1.60 bits per heavy atom. The Kier molecular flexibility index (Phi) is 4.24. The molecule has 1 unspecified atom stereocenters. The fourth-order valence-corrected chi connectivity index (χ4v) is 1.25. The van der Waals surface area contributed by atoms with Gasteiger partial charge in [-0.1, -0.05) is 0 Å². The van der Waals surface area contributed by atoms with Gasteiger partial charge in [0.2, 0.25) is 0 Å². The Balaban J connectivity index is 2.61. The molecule has 82 valence electrons. The predicted octanol–water partition coefficient (Wildman–Crippen LogP) is 0.891. The normalized spacial score (nSPS) is 12.2. The summed E-state index contributed by atoms with van der Waals surface area (Å²) in [7, 11) is 0. The molecule has 0 saturated carbocycles. The monoisotopic (exact) mass is 208 g/mol. The molecule has 0 aliphatic carbocycles. The molecule has 1 aromatic heterocycles. The number of nitrogens with zero attached hydrogens (tertiary/aromatic N) is 1. The van der Waals surface area contributed by atoms with Gasteiger partial charge in [0.1, 0.15) is 0 Å². The minimum atomic E-state index is -0.146. The number of rotatable bonds is 4. The summed E-state index contributed by atoms with van der Waals surface area (Å²) in [5, 5.41) is 11.5. The van der Waals surface area contributed by atoms with Crippen LogP contribution in [0.3, 0.4) is 0 Å². The topological polar surface area (TPSA) is 62.2 Å². The third-order valence-electron chi connectivity index (χ3n) is 2.08. The zero-order valence-corrected chi connectivity index (χ0v) is 9.03. The number of aliphatic hydroxyl groups is 1. The van der Waals surface area contributed by atoms with Crippen molar-refractivity contribution in [2.75, 3.05) is 6.61 Å². The molecule has 0 saturated heterocycles. The van der Waals surface area contributed by atoms with Crippen LogP contribution in [-0.2, 0) is 0 Å². The molecule has 0 radical (unpaired) electrons. The largest absolute Gasteiger partial charge is 0.396 e. The number of pyridine rings is 1. The van der Waals surface area contributed by atoms with E-state index in [1.54, 1.807) is 12.3 Å². The van der Waals surface area contributed by atoms with E-state index < -0.39 is 0 Å². The minimum absolute atomic E-state index is 0.0250. The highest BCUT2D eigenvalue weighted by Gasteiger charge is 2.09. The number of aryl methyl sites for hydroxylation is 1. The van der Waals surface area contributed by atoms with Gasteiger partial charge in [-0.2, -0.15) is 0 Å². The Morgan fingerprint density at radius 2 is 2.33 bits per heavy atom. The van der Waals surface area contributed by atoms with Gasteiger partial charge in [0.05, 0.1) is 5.56 Å². The van der Waals surface area contributed by atoms with E-state index in [4.69, 9.17) is 5.11 Å². The molecule has 0 fully saturated rings. The van der Waals surface area contributed by atoms with Crippen molar-refractivity contribution in [3.8, 4) is 0 Å². The number of hydrogen-bond acceptors (Lipinski definition) is 3. The summed E-state index contributed by atoms with van der Waals surface area (Å²) in [6, 6.07) is 1.76. The van der Waals surface area contributed by atoms with Crippen LogP contribution < -0.4 is 5.32 Å². The van der Waals surface area contributed by atoms with Crippen molar-refractivity contribution in [2.45, 2.75) is 26.3 Å². The average molecular weight is 208 g/mol. The van der Waals surface area contributed by atoms with Crippen molar-refractivity contribution in [1.29, 1.82) is 0 Å². The fourth-order valence-electron chi connectivity index (χ4n) is 1.25. The zero-order valence-electron chi connectivity index (χ0n) is 9.03. The number of hydrogen-bond donors (Lipinski definition) is 2. The van der Waals surface area contributed by atoms with Crippen molar-refractivity contribution in [2.24, 2.45) is 0 Å². The van der Waals surface area contributed by atoms with Crippen molar-refractivity contribution >= 4 is 5.91 Å². The highest BCUT2D eigenvalue weighted by atomic mass is 16.3. The van der Waals surface area contributed by atoms with E-state index >= 15 is 0 Å². The molecule has 1 aromatic rings. The second kappa shape index (κ2) is 5.46. The van der Waals surface area contributed by atoms with Crippen molar-refractivity contribution < 1.29 is 9.90 Å². The smallest absolute Gasteiger partial charge is 0.253 e. The Bertz CT molecular complexity index is 339. The van der Waals surface area contributed by atoms with Crippen LogP contribution in [0, 0.1) is 6.92 Å². The molecule has 0 spiro atoms. The third kappa shape index (κ3) is 3.67. The number of carbonyl (C=O) groups is 1. The summed E-state index contributed by atoms with van der Waals surface area (Å²) in [4.78, 5) is 15.6. The van der Waals surface area contributed by atoms with Gasteiger partial charge in [0.15, 0.2) is 0 Å². The molecule has 1 heterocycles. The van der Waals surface area contributed by atoms with E-state index in [0.29, 0.717) is 12.0 Å². The summed E-state index contributed by atoms with van der Waals surface area (Å²) in [5.74, 6) is -0.146. The van der Waals surface area contributed by atoms with E-state index in [1.165, 1.54) is 6.20 Å². The van der Waals surface area contributed by atoms with Gasteiger partial charge in [0.25, 0.3) is 5.91 Å². The highest BCUT2D eigenvalue weighted by molar-refractivity contribution is 5.94. The first-order valence-electron chi connectivity index (χ1n) is 4.97. The second-order valence-corrected chi connectivity index (χ2v) is 3.64. The summed E-state index contributed by atoms with van der Waals surface area (Å²) in [6.07, 6.45) is 3.80. The van der Waals surface area contributed by atoms with Gasteiger partial charge >= 0.3 is 0 Å². The standard InChI is InChI=1S/C11H16N2O2/c1-8-5-10(7-12-6-8)11(15)13-9(2)3-4-14/h5-7,9,14H,3-4H2,1-2H3,(H,13,15). The van der Waals surface area contributed by atoms with Gasteiger partial charge < -0.3 is 10.4 Å². The molecule has 4 nitrogen and oxygen atoms in total. The van der Waals surface area contributed by atoms with E-state index in [9.17, 15) is 4.79 Å². The Labute approximate surface area is 89.3 Å². The molecule has 0 aromatic carbocycles. The number of aromatic nitrogens is 1. The number of aliphatic hydroxyl groups excluding tert-OH is 1. The maximum Gasteiger partial charge on any atom is 0.253 e. The van der Waals surface area contributed by atoms with Gasteiger partial charge in [-0.15, -0.1) is 0 Å². The fraction of sp³-hybridized carbons (Fsp3) is 0.455. The van der Waals surface area contributed by atoms with Gasteiger partial charge in [0, 0.05) is 25.0 Å². The Hall–Kier alpha value is -1.42. The molecule has 15 heavy (non-hydrogen) atoms. The zero-order chi connectivity index (χ0) is 11.3. The van der Waals surface area contributed by atoms with E-state index in [0.717, 1.165) is 5.56 Å². The SMILES string of the molecule is Cc1cncc(C(=O)NC(C)CCO)c1. The lowest BCUT2D eigenvalue weighted by Crippen LogP contribution is -2.33.